The van der Waals surface area contributed by atoms with E-state index in [9.17, 15) is 9.59 Å². The second kappa shape index (κ2) is 6.45. The number of carbonyl (C=O) groups excluding carboxylic acids is 1. The summed E-state index contributed by atoms with van der Waals surface area (Å²) in [4.78, 5) is 29.2. The Bertz CT molecular complexity index is 899. The van der Waals surface area contributed by atoms with E-state index in [2.05, 4.69) is 10.3 Å². The molecule has 0 saturated heterocycles. The number of rotatable bonds is 5. The smallest absolute Gasteiger partial charge is 0.326 e. The van der Waals surface area contributed by atoms with Crippen LogP contribution in [0.2, 0.25) is 0 Å². The number of aliphatic carboxylic acids is 1. The zero-order valence-electron chi connectivity index (χ0n) is 13.3. The molecule has 0 aliphatic rings. The van der Waals surface area contributed by atoms with Crippen LogP contribution in [0.25, 0.3) is 16.2 Å². The van der Waals surface area contributed by atoms with Crippen molar-refractivity contribution in [2.75, 3.05) is 0 Å². The van der Waals surface area contributed by atoms with Gasteiger partial charge in [-0.3, -0.25) is 9.20 Å². The molecule has 0 saturated carbocycles. The number of hydrogen-bond donors (Lipinski definition) is 2. The van der Waals surface area contributed by atoms with Gasteiger partial charge >= 0.3 is 5.97 Å². The van der Waals surface area contributed by atoms with E-state index in [4.69, 9.17) is 5.11 Å². The first-order valence-corrected chi connectivity index (χ1v) is 8.40. The molecule has 1 unspecified atom stereocenters. The number of aryl methyl sites for hydroxylation is 1. The van der Waals surface area contributed by atoms with Gasteiger partial charge in [0.15, 0.2) is 4.96 Å². The minimum absolute atomic E-state index is 0.334. The van der Waals surface area contributed by atoms with Crippen LogP contribution < -0.4 is 5.32 Å². The Morgan fingerprint density at radius 3 is 2.62 bits per heavy atom. The molecule has 0 spiro atoms. The molecule has 1 aromatic carbocycles. The molecule has 0 fully saturated rings. The van der Waals surface area contributed by atoms with Crippen LogP contribution in [0.15, 0.2) is 36.5 Å². The van der Waals surface area contributed by atoms with Gasteiger partial charge in [-0.2, -0.15) is 0 Å². The van der Waals surface area contributed by atoms with E-state index in [1.807, 2.05) is 47.9 Å². The van der Waals surface area contributed by atoms with Gasteiger partial charge in [0.05, 0.1) is 5.69 Å². The molecule has 0 aliphatic heterocycles. The second-order valence-electron chi connectivity index (χ2n) is 5.43. The Hall–Kier alpha value is -2.67. The maximum Gasteiger partial charge on any atom is 0.326 e. The lowest BCUT2D eigenvalue weighted by molar-refractivity contribution is -0.139. The van der Waals surface area contributed by atoms with Crippen molar-refractivity contribution in [3.63, 3.8) is 0 Å². The van der Waals surface area contributed by atoms with E-state index in [1.165, 1.54) is 11.3 Å². The summed E-state index contributed by atoms with van der Waals surface area (Å²) in [5.74, 6) is -1.41. The summed E-state index contributed by atoms with van der Waals surface area (Å²) in [6.07, 6.45) is 2.22. The number of amides is 1. The molecule has 6 nitrogen and oxygen atoms in total. The van der Waals surface area contributed by atoms with Gasteiger partial charge in [-0.15, -0.1) is 0 Å². The van der Waals surface area contributed by atoms with E-state index in [-0.39, 0.29) is 5.91 Å². The lowest BCUT2D eigenvalue weighted by Gasteiger charge is -2.11. The molecule has 0 aliphatic carbocycles. The molecule has 1 amide bonds. The van der Waals surface area contributed by atoms with Crippen molar-refractivity contribution in [3.05, 3.63) is 47.1 Å². The molecule has 124 valence electrons. The number of nitrogens with one attached hydrogen (secondary N) is 1. The molecule has 7 heteroatoms. The van der Waals surface area contributed by atoms with E-state index >= 15 is 0 Å². The number of aromatic nitrogens is 2. The summed E-state index contributed by atoms with van der Waals surface area (Å²) in [7, 11) is 0. The van der Waals surface area contributed by atoms with Crippen molar-refractivity contribution in [1.29, 1.82) is 0 Å². The highest BCUT2D eigenvalue weighted by Gasteiger charge is 2.23. The van der Waals surface area contributed by atoms with Crippen LogP contribution in [-0.4, -0.2) is 32.4 Å². The minimum atomic E-state index is -1.03. The van der Waals surface area contributed by atoms with Crippen LogP contribution >= 0.6 is 11.3 Å². The fourth-order valence-electron chi connectivity index (χ4n) is 2.47. The largest absolute Gasteiger partial charge is 0.480 e. The van der Waals surface area contributed by atoms with Crippen LogP contribution in [0.3, 0.4) is 0 Å². The lowest BCUT2D eigenvalue weighted by Crippen LogP contribution is -2.40. The molecular weight excluding hydrogens is 326 g/mol. The molecule has 0 bridgehead atoms. The van der Waals surface area contributed by atoms with Gasteiger partial charge in [0.25, 0.3) is 5.91 Å². The van der Waals surface area contributed by atoms with Gasteiger partial charge < -0.3 is 10.4 Å². The number of hydrogen-bond acceptors (Lipinski definition) is 4. The average Bonchev–Trinajstić information content (AvgIpc) is 3.13. The van der Waals surface area contributed by atoms with E-state index < -0.39 is 12.0 Å². The topological polar surface area (TPSA) is 83.7 Å². The molecule has 2 aromatic heterocycles. The fourth-order valence-corrected chi connectivity index (χ4v) is 3.48. The number of benzene rings is 1. The highest BCUT2D eigenvalue weighted by molar-refractivity contribution is 7.19. The van der Waals surface area contributed by atoms with Crippen LogP contribution in [0.1, 0.15) is 28.7 Å². The molecule has 1 atom stereocenters. The molecule has 0 radical (unpaired) electrons. The van der Waals surface area contributed by atoms with Gasteiger partial charge in [-0.25, -0.2) is 9.78 Å². The predicted molar refractivity (Wildman–Crippen MR) is 92.4 cm³/mol. The quantitative estimate of drug-likeness (QED) is 0.746. The first kappa shape index (κ1) is 16.2. The minimum Gasteiger partial charge on any atom is -0.480 e. The first-order chi connectivity index (χ1) is 11.5. The zero-order chi connectivity index (χ0) is 17.3. The lowest BCUT2D eigenvalue weighted by atomic mass is 10.2. The van der Waals surface area contributed by atoms with Crippen molar-refractivity contribution in [1.82, 2.24) is 14.7 Å². The van der Waals surface area contributed by atoms with Crippen molar-refractivity contribution in [2.45, 2.75) is 26.3 Å². The van der Waals surface area contributed by atoms with Crippen LogP contribution in [0, 0.1) is 6.92 Å². The summed E-state index contributed by atoms with van der Waals surface area (Å²) in [6.45, 7) is 3.55. The third-order valence-electron chi connectivity index (χ3n) is 3.84. The molecule has 2 heterocycles. The number of imidazole rings is 1. The number of carboxylic acids is 1. The van der Waals surface area contributed by atoms with E-state index in [0.717, 1.165) is 17.0 Å². The summed E-state index contributed by atoms with van der Waals surface area (Å²) in [5, 5.41) is 11.6. The first-order valence-electron chi connectivity index (χ1n) is 7.58. The summed E-state index contributed by atoms with van der Waals surface area (Å²) in [6, 6.07) is 8.92. The SMILES string of the molecule is CCC(NC(=O)c1sc2nc(-c3ccccc3)cn2c1C)C(=O)O. The monoisotopic (exact) mass is 343 g/mol. The molecule has 2 N–H and O–H groups in total. The maximum atomic E-state index is 12.4. The number of nitrogens with zero attached hydrogens (tertiary/aromatic N) is 2. The van der Waals surface area contributed by atoms with Gasteiger partial charge in [0, 0.05) is 17.5 Å². The van der Waals surface area contributed by atoms with Gasteiger partial charge in [-0.05, 0) is 13.3 Å². The number of thiazole rings is 1. The average molecular weight is 343 g/mol. The highest BCUT2D eigenvalue weighted by Crippen LogP contribution is 2.27. The third-order valence-corrected chi connectivity index (χ3v) is 5.00. The Morgan fingerprint density at radius 1 is 1.33 bits per heavy atom. The van der Waals surface area contributed by atoms with Crippen LogP contribution in [0.4, 0.5) is 0 Å². The van der Waals surface area contributed by atoms with Crippen molar-refractivity contribution >= 4 is 28.2 Å². The maximum absolute atomic E-state index is 12.4. The van der Waals surface area contributed by atoms with E-state index in [1.54, 1.807) is 6.92 Å². The van der Waals surface area contributed by atoms with Crippen LogP contribution in [-0.2, 0) is 4.79 Å². The second-order valence-corrected chi connectivity index (χ2v) is 6.41. The molecule has 24 heavy (non-hydrogen) atoms. The number of carboxylic acid groups (broad SMARTS) is 1. The predicted octanol–water partition coefficient (Wildman–Crippen LogP) is 2.96. The summed E-state index contributed by atoms with van der Waals surface area (Å²) >= 11 is 1.26. The Kier molecular flexibility index (Phi) is 4.35. The highest BCUT2D eigenvalue weighted by atomic mass is 32.1. The fraction of sp³-hybridized carbons (Fsp3) is 0.235. The summed E-state index contributed by atoms with van der Waals surface area (Å²) < 4.78 is 1.86. The number of fused-ring (bicyclic) bond motifs is 1. The third kappa shape index (κ3) is 2.90. The van der Waals surface area contributed by atoms with Crippen LogP contribution in [0.5, 0.6) is 0 Å². The Labute approximate surface area is 142 Å². The Balaban J connectivity index is 1.91. The molecule has 3 aromatic rings. The molecule has 3 rings (SSSR count). The van der Waals surface area contributed by atoms with Gasteiger partial charge in [0.2, 0.25) is 0 Å². The summed E-state index contributed by atoms with van der Waals surface area (Å²) in [5.41, 5.74) is 2.60. The Morgan fingerprint density at radius 2 is 2.04 bits per heavy atom. The standard InChI is InChI=1S/C17H17N3O3S/c1-3-12(16(22)23)18-15(21)14-10(2)20-9-13(19-17(20)24-14)11-7-5-4-6-8-11/h4-9,12H,3H2,1-2H3,(H,18,21)(H,22,23). The van der Waals surface area contributed by atoms with Gasteiger partial charge in [0.1, 0.15) is 10.9 Å². The van der Waals surface area contributed by atoms with Crippen molar-refractivity contribution in [3.8, 4) is 11.3 Å². The normalized spacial score (nSPS) is 12.2. The van der Waals surface area contributed by atoms with Crippen molar-refractivity contribution < 1.29 is 14.7 Å². The number of carbonyl (C=O) groups is 2. The van der Waals surface area contributed by atoms with E-state index in [0.29, 0.717) is 16.3 Å². The van der Waals surface area contributed by atoms with Crippen molar-refractivity contribution in [2.24, 2.45) is 0 Å². The zero-order valence-corrected chi connectivity index (χ0v) is 14.1. The molecular formula is C17H17N3O3S. The van der Waals surface area contributed by atoms with Gasteiger partial charge in [-0.1, -0.05) is 48.6 Å².